The van der Waals surface area contributed by atoms with Crippen LogP contribution < -0.4 is 25.0 Å². The molecule has 2 heterocycles. The Balaban J connectivity index is 0.00000300. The smallest absolute Gasteiger partial charge is 0.231 e. The van der Waals surface area contributed by atoms with Gasteiger partial charge in [-0.3, -0.25) is 0 Å². The van der Waals surface area contributed by atoms with Crippen LogP contribution in [0.15, 0.2) is 41.5 Å². The Hall–Kier alpha value is -2.23. The van der Waals surface area contributed by atoms with Crippen molar-refractivity contribution < 1.29 is 9.47 Å². The summed E-state index contributed by atoms with van der Waals surface area (Å²) in [6.45, 7) is 10.5. The number of nitrogens with zero attached hydrogens (tertiary/aromatic N) is 3. The Kier molecular flexibility index (Phi) is 9.30. The van der Waals surface area contributed by atoms with Gasteiger partial charge in [0.1, 0.15) is 5.82 Å². The molecule has 0 radical (unpaired) electrons. The first-order valence-electron chi connectivity index (χ1n) is 9.84. The van der Waals surface area contributed by atoms with Gasteiger partial charge < -0.3 is 25.0 Å². The topological polar surface area (TPSA) is 71.0 Å². The van der Waals surface area contributed by atoms with Gasteiger partial charge >= 0.3 is 0 Å². The minimum atomic E-state index is 0. The van der Waals surface area contributed by atoms with E-state index in [1.165, 1.54) is 0 Å². The number of hydrogen-bond donors (Lipinski definition) is 2. The number of anilines is 1. The molecule has 0 atom stereocenters. The van der Waals surface area contributed by atoms with E-state index >= 15 is 0 Å². The van der Waals surface area contributed by atoms with E-state index < -0.39 is 0 Å². The molecule has 0 spiro atoms. The second-order valence-corrected chi connectivity index (χ2v) is 6.43. The summed E-state index contributed by atoms with van der Waals surface area (Å²) < 4.78 is 10.8. The lowest BCUT2D eigenvalue weighted by atomic mass is 10.2. The molecule has 0 amide bonds. The van der Waals surface area contributed by atoms with Gasteiger partial charge in [0, 0.05) is 32.4 Å². The van der Waals surface area contributed by atoms with Crippen molar-refractivity contribution in [2.75, 3.05) is 31.3 Å². The van der Waals surface area contributed by atoms with Crippen molar-refractivity contribution in [2.45, 2.75) is 33.9 Å². The molecule has 2 N–H and O–H groups in total. The van der Waals surface area contributed by atoms with Gasteiger partial charge in [-0.15, -0.1) is 24.0 Å². The van der Waals surface area contributed by atoms with Crippen LogP contribution in [0.4, 0.5) is 5.82 Å². The van der Waals surface area contributed by atoms with Crippen molar-refractivity contribution in [3.8, 4) is 11.5 Å². The molecule has 2 aromatic rings. The predicted molar refractivity (Wildman–Crippen MR) is 127 cm³/mol. The van der Waals surface area contributed by atoms with E-state index in [1.54, 1.807) is 0 Å². The Bertz CT molecular complexity index is 794. The van der Waals surface area contributed by atoms with Crippen molar-refractivity contribution in [1.29, 1.82) is 0 Å². The van der Waals surface area contributed by atoms with Gasteiger partial charge in [-0.1, -0.05) is 12.1 Å². The van der Waals surface area contributed by atoms with E-state index in [-0.39, 0.29) is 30.8 Å². The number of rotatable bonds is 8. The fourth-order valence-corrected chi connectivity index (χ4v) is 2.99. The molecule has 0 unspecified atom stereocenters. The number of aromatic nitrogens is 1. The summed E-state index contributed by atoms with van der Waals surface area (Å²) in [5.41, 5.74) is 2.19. The molecule has 158 valence electrons. The molecule has 29 heavy (non-hydrogen) atoms. The molecule has 3 rings (SSSR count). The maximum Gasteiger partial charge on any atom is 0.231 e. The lowest BCUT2D eigenvalue weighted by Gasteiger charge is -2.19. The van der Waals surface area contributed by atoms with Gasteiger partial charge in [0.15, 0.2) is 17.5 Å². The molecule has 0 fully saturated rings. The van der Waals surface area contributed by atoms with Gasteiger partial charge in [0.25, 0.3) is 0 Å². The molecule has 0 aliphatic carbocycles. The highest BCUT2D eigenvalue weighted by Crippen LogP contribution is 2.32. The van der Waals surface area contributed by atoms with E-state index in [2.05, 4.69) is 58.4 Å². The first kappa shape index (κ1) is 23.1. The van der Waals surface area contributed by atoms with Crippen molar-refractivity contribution in [2.24, 2.45) is 4.99 Å². The highest BCUT2D eigenvalue weighted by molar-refractivity contribution is 14.0. The number of ether oxygens (including phenoxy) is 2. The van der Waals surface area contributed by atoms with Gasteiger partial charge in [0.05, 0.1) is 6.54 Å². The van der Waals surface area contributed by atoms with E-state index in [0.29, 0.717) is 13.1 Å². The normalized spacial score (nSPS) is 12.3. The van der Waals surface area contributed by atoms with Crippen LogP contribution >= 0.6 is 24.0 Å². The molecule has 0 saturated carbocycles. The lowest BCUT2D eigenvalue weighted by molar-refractivity contribution is 0.174. The van der Waals surface area contributed by atoms with Crippen molar-refractivity contribution in [3.05, 3.63) is 47.7 Å². The second kappa shape index (κ2) is 11.7. The van der Waals surface area contributed by atoms with Crippen LogP contribution in [0, 0.1) is 0 Å². The van der Waals surface area contributed by atoms with Crippen LogP contribution in [0.2, 0.25) is 0 Å². The summed E-state index contributed by atoms with van der Waals surface area (Å²) in [7, 11) is 0. The van der Waals surface area contributed by atoms with E-state index in [4.69, 9.17) is 9.47 Å². The Labute approximate surface area is 189 Å². The minimum Gasteiger partial charge on any atom is -0.454 e. The molecule has 0 bridgehead atoms. The Morgan fingerprint density at radius 1 is 1.03 bits per heavy atom. The fraction of sp³-hybridized carbons (Fsp3) is 0.429. The SMILES string of the molecule is CCNC(=NCc1ccc(N(CC)CC)nc1)NCc1ccc2c(c1)OCO2.I. The minimum absolute atomic E-state index is 0. The monoisotopic (exact) mass is 511 g/mol. The summed E-state index contributed by atoms with van der Waals surface area (Å²) in [6, 6.07) is 10.1. The second-order valence-electron chi connectivity index (χ2n) is 6.43. The zero-order valence-electron chi connectivity index (χ0n) is 17.3. The molecule has 8 heteroatoms. The quantitative estimate of drug-likeness (QED) is 0.321. The molecule has 1 aliphatic rings. The number of nitrogens with one attached hydrogen (secondary N) is 2. The largest absolute Gasteiger partial charge is 0.454 e. The zero-order valence-corrected chi connectivity index (χ0v) is 19.6. The van der Waals surface area contributed by atoms with E-state index in [9.17, 15) is 0 Å². The number of guanidine groups is 1. The van der Waals surface area contributed by atoms with E-state index in [1.807, 2.05) is 24.4 Å². The van der Waals surface area contributed by atoms with Crippen LogP contribution in [0.3, 0.4) is 0 Å². The average molecular weight is 511 g/mol. The maximum atomic E-state index is 5.44. The number of hydrogen-bond acceptors (Lipinski definition) is 5. The molecular formula is C21H30IN5O2. The standard InChI is InChI=1S/C21H29N5O2.HI/c1-4-22-21(24-12-16-7-9-18-19(11-16)28-15-27-18)25-14-17-8-10-20(23-13-17)26(5-2)6-3;/h7-11,13H,4-6,12,14-15H2,1-3H3,(H2,22,24,25);1H. The number of aliphatic imine (C=N–C) groups is 1. The number of benzene rings is 1. The van der Waals surface area contributed by atoms with Crippen LogP contribution in [-0.4, -0.2) is 37.4 Å². The predicted octanol–water partition coefficient (Wildman–Crippen LogP) is 3.53. The first-order chi connectivity index (χ1) is 13.7. The van der Waals surface area contributed by atoms with Gasteiger partial charge in [-0.25, -0.2) is 9.98 Å². The van der Waals surface area contributed by atoms with Crippen molar-refractivity contribution in [1.82, 2.24) is 15.6 Å². The van der Waals surface area contributed by atoms with Crippen LogP contribution in [0.5, 0.6) is 11.5 Å². The average Bonchev–Trinajstić information content (AvgIpc) is 3.20. The van der Waals surface area contributed by atoms with Crippen molar-refractivity contribution in [3.63, 3.8) is 0 Å². The number of fused-ring (bicyclic) bond motifs is 1. The number of halogens is 1. The Morgan fingerprint density at radius 2 is 1.79 bits per heavy atom. The molecule has 7 nitrogen and oxygen atoms in total. The van der Waals surface area contributed by atoms with Gasteiger partial charge in [0.2, 0.25) is 6.79 Å². The van der Waals surface area contributed by atoms with Gasteiger partial charge in [-0.05, 0) is 50.1 Å². The first-order valence-corrected chi connectivity index (χ1v) is 9.84. The summed E-state index contributed by atoms with van der Waals surface area (Å²) in [4.78, 5) is 11.5. The third-order valence-electron chi connectivity index (χ3n) is 4.56. The zero-order chi connectivity index (χ0) is 19.8. The van der Waals surface area contributed by atoms with E-state index in [0.717, 1.165) is 54.0 Å². The maximum absolute atomic E-state index is 5.44. The molecule has 0 saturated heterocycles. The summed E-state index contributed by atoms with van der Waals surface area (Å²) in [6.07, 6.45) is 1.90. The molecule has 1 aliphatic heterocycles. The van der Waals surface area contributed by atoms with Crippen LogP contribution in [0.25, 0.3) is 0 Å². The highest BCUT2D eigenvalue weighted by atomic mass is 127. The molecule has 1 aromatic heterocycles. The summed E-state index contributed by atoms with van der Waals surface area (Å²) >= 11 is 0. The third-order valence-corrected chi connectivity index (χ3v) is 4.56. The lowest BCUT2D eigenvalue weighted by Crippen LogP contribution is -2.36. The van der Waals surface area contributed by atoms with Gasteiger partial charge in [-0.2, -0.15) is 0 Å². The van der Waals surface area contributed by atoms with Crippen LogP contribution in [-0.2, 0) is 13.1 Å². The third kappa shape index (κ3) is 6.38. The molecule has 1 aromatic carbocycles. The summed E-state index contributed by atoms with van der Waals surface area (Å²) in [5.74, 6) is 3.36. The molecular weight excluding hydrogens is 481 g/mol. The number of pyridine rings is 1. The fourth-order valence-electron chi connectivity index (χ4n) is 2.99. The van der Waals surface area contributed by atoms with Crippen molar-refractivity contribution >= 4 is 35.8 Å². The highest BCUT2D eigenvalue weighted by Gasteiger charge is 2.13. The summed E-state index contributed by atoms with van der Waals surface area (Å²) in [5, 5.41) is 6.64. The Morgan fingerprint density at radius 3 is 2.48 bits per heavy atom. The van der Waals surface area contributed by atoms with Crippen LogP contribution in [0.1, 0.15) is 31.9 Å².